The third-order valence-corrected chi connectivity index (χ3v) is 4.13. The maximum atomic E-state index is 12.6. The van der Waals surface area contributed by atoms with Crippen LogP contribution in [-0.4, -0.2) is 5.78 Å². The van der Waals surface area contributed by atoms with Gasteiger partial charge in [-0.15, -0.1) is 0 Å². The second kappa shape index (κ2) is 8.28. The molecule has 0 aliphatic carbocycles. The molecule has 0 heterocycles. The Labute approximate surface area is 156 Å². The molecule has 3 aromatic carbocycles. The fraction of sp³-hybridized carbons (Fsp3) is 0. The summed E-state index contributed by atoms with van der Waals surface area (Å²) in [6.07, 6.45) is 3.41. The molecule has 0 N–H and O–H groups in total. The van der Waals surface area contributed by atoms with Gasteiger partial charge in [0.1, 0.15) is 0 Å². The molecule has 0 amide bonds. The minimum Gasteiger partial charge on any atom is -0.289 e. The number of rotatable bonds is 3. The van der Waals surface area contributed by atoms with Crippen LogP contribution in [0.5, 0.6) is 0 Å². The molecule has 0 saturated carbocycles. The van der Waals surface area contributed by atoms with Crippen molar-refractivity contribution in [1.82, 2.24) is 0 Å². The zero-order valence-electron chi connectivity index (χ0n) is 13.4. The number of carbonyl (C=O) groups is 1. The lowest BCUT2D eigenvalue weighted by molar-refractivity contribution is 0.104. The van der Waals surface area contributed by atoms with Crippen molar-refractivity contribution in [3.63, 3.8) is 0 Å². The third-order valence-electron chi connectivity index (χ3n) is 3.60. The van der Waals surface area contributed by atoms with Crippen molar-refractivity contribution in [2.75, 3.05) is 0 Å². The average molecular weight is 387 g/mol. The zero-order chi connectivity index (χ0) is 17.5. The van der Waals surface area contributed by atoms with E-state index in [9.17, 15) is 4.79 Å². The number of ketones is 1. The lowest BCUT2D eigenvalue weighted by atomic mass is 10.0. The molecular formula is C23H15BrO. The highest BCUT2D eigenvalue weighted by atomic mass is 79.9. The predicted molar refractivity (Wildman–Crippen MR) is 106 cm³/mol. The van der Waals surface area contributed by atoms with Crippen LogP contribution < -0.4 is 0 Å². The standard InChI is InChI=1S/C23H15BrO/c24-21-15-11-19(12-16-21)13-17-23(25)22-9-5-4-8-20(22)14-10-18-6-2-1-3-7-18/h1-9,11-13,15-17H/b17-13+. The molecular weight excluding hydrogens is 372 g/mol. The summed E-state index contributed by atoms with van der Waals surface area (Å²) in [6.45, 7) is 0. The summed E-state index contributed by atoms with van der Waals surface area (Å²) in [4.78, 5) is 12.6. The number of hydrogen-bond donors (Lipinski definition) is 0. The Morgan fingerprint density at radius 2 is 1.48 bits per heavy atom. The van der Waals surface area contributed by atoms with E-state index in [0.29, 0.717) is 5.56 Å². The van der Waals surface area contributed by atoms with Gasteiger partial charge in [0.25, 0.3) is 0 Å². The number of halogens is 1. The Kier molecular flexibility index (Phi) is 5.61. The van der Waals surface area contributed by atoms with Crippen LogP contribution in [0.2, 0.25) is 0 Å². The van der Waals surface area contributed by atoms with Crippen molar-refractivity contribution < 1.29 is 4.79 Å². The van der Waals surface area contributed by atoms with Crippen molar-refractivity contribution in [3.05, 3.63) is 112 Å². The summed E-state index contributed by atoms with van der Waals surface area (Å²) in [6, 6.07) is 25.0. The third kappa shape index (κ3) is 4.79. The molecule has 120 valence electrons. The van der Waals surface area contributed by atoms with Crippen molar-refractivity contribution in [2.24, 2.45) is 0 Å². The maximum absolute atomic E-state index is 12.6. The summed E-state index contributed by atoms with van der Waals surface area (Å²) >= 11 is 3.40. The quantitative estimate of drug-likeness (QED) is 0.318. The number of hydrogen-bond acceptors (Lipinski definition) is 1. The lowest BCUT2D eigenvalue weighted by Crippen LogP contribution is -1.98. The number of benzene rings is 3. The molecule has 0 bridgehead atoms. The summed E-state index contributed by atoms with van der Waals surface area (Å²) in [7, 11) is 0. The Balaban J connectivity index is 1.84. The molecule has 0 saturated heterocycles. The summed E-state index contributed by atoms with van der Waals surface area (Å²) < 4.78 is 1.01. The van der Waals surface area contributed by atoms with Crippen molar-refractivity contribution >= 4 is 27.8 Å². The molecule has 3 rings (SSSR count). The SMILES string of the molecule is O=C(/C=C/c1ccc(Br)cc1)c1ccccc1C#Cc1ccccc1. The largest absolute Gasteiger partial charge is 0.289 e. The molecule has 25 heavy (non-hydrogen) atoms. The topological polar surface area (TPSA) is 17.1 Å². The van der Waals surface area contributed by atoms with Crippen LogP contribution in [0.25, 0.3) is 6.08 Å². The molecule has 0 aromatic heterocycles. The molecule has 0 unspecified atom stereocenters. The van der Waals surface area contributed by atoms with Crippen LogP contribution >= 0.6 is 15.9 Å². The van der Waals surface area contributed by atoms with Crippen molar-refractivity contribution in [2.45, 2.75) is 0 Å². The molecule has 0 spiro atoms. The predicted octanol–water partition coefficient (Wildman–Crippen LogP) is 5.75. The van der Waals surface area contributed by atoms with Crippen molar-refractivity contribution in [1.29, 1.82) is 0 Å². The van der Waals surface area contributed by atoms with Crippen LogP contribution in [0, 0.1) is 11.8 Å². The first-order valence-corrected chi connectivity index (χ1v) is 8.66. The van der Waals surface area contributed by atoms with Gasteiger partial charge < -0.3 is 0 Å². The maximum Gasteiger partial charge on any atom is 0.187 e. The van der Waals surface area contributed by atoms with Crippen LogP contribution in [0.15, 0.2) is 89.4 Å². The first-order valence-electron chi connectivity index (χ1n) is 7.86. The summed E-state index contributed by atoms with van der Waals surface area (Å²) in [5.41, 5.74) is 3.25. The highest BCUT2D eigenvalue weighted by Crippen LogP contribution is 2.13. The van der Waals surface area contributed by atoms with Gasteiger partial charge in [-0.1, -0.05) is 76.3 Å². The van der Waals surface area contributed by atoms with Gasteiger partial charge in [-0.2, -0.15) is 0 Å². The minimum atomic E-state index is -0.0547. The monoisotopic (exact) mass is 386 g/mol. The van der Waals surface area contributed by atoms with E-state index in [4.69, 9.17) is 0 Å². The number of allylic oxidation sites excluding steroid dienone is 1. The van der Waals surface area contributed by atoms with Gasteiger partial charge in [0.05, 0.1) is 0 Å². The van der Waals surface area contributed by atoms with Gasteiger partial charge in [-0.3, -0.25) is 4.79 Å². The average Bonchev–Trinajstić information content (AvgIpc) is 2.67. The van der Waals surface area contributed by atoms with Gasteiger partial charge in [-0.25, -0.2) is 0 Å². The van der Waals surface area contributed by atoms with E-state index in [1.54, 1.807) is 6.08 Å². The molecule has 2 heteroatoms. The molecule has 0 aliphatic heterocycles. The van der Waals surface area contributed by atoms with E-state index >= 15 is 0 Å². The van der Waals surface area contributed by atoms with E-state index < -0.39 is 0 Å². The van der Waals surface area contributed by atoms with Crippen molar-refractivity contribution in [3.8, 4) is 11.8 Å². The smallest absolute Gasteiger partial charge is 0.187 e. The summed E-state index contributed by atoms with van der Waals surface area (Å²) in [5.74, 6) is 6.16. The first-order chi connectivity index (χ1) is 12.2. The van der Waals surface area contributed by atoms with Gasteiger partial charge in [-0.05, 0) is 48.0 Å². The van der Waals surface area contributed by atoms with Crippen LogP contribution in [0.4, 0.5) is 0 Å². The normalized spacial score (nSPS) is 10.3. The molecule has 0 aliphatic rings. The fourth-order valence-corrected chi connectivity index (χ4v) is 2.57. The lowest BCUT2D eigenvalue weighted by Gasteiger charge is -2.00. The highest BCUT2D eigenvalue weighted by molar-refractivity contribution is 9.10. The Morgan fingerprint density at radius 3 is 2.24 bits per heavy atom. The molecule has 1 nitrogen and oxygen atoms in total. The molecule has 0 atom stereocenters. The fourth-order valence-electron chi connectivity index (χ4n) is 2.30. The van der Waals surface area contributed by atoms with Gasteiger partial charge >= 0.3 is 0 Å². The zero-order valence-corrected chi connectivity index (χ0v) is 15.0. The Bertz CT molecular complexity index is 958. The van der Waals surface area contributed by atoms with Gasteiger partial charge in [0, 0.05) is 21.2 Å². The van der Waals surface area contributed by atoms with Crippen LogP contribution in [-0.2, 0) is 0 Å². The molecule has 3 aromatic rings. The van der Waals surface area contributed by atoms with E-state index in [1.807, 2.05) is 84.9 Å². The van der Waals surface area contributed by atoms with E-state index in [0.717, 1.165) is 21.2 Å². The Hall–Kier alpha value is -2.89. The summed E-state index contributed by atoms with van der Waals surface area (Å²) in [5, 5.41) is 0. The molecule has 0 fully saturated rings. The van der Waals surface area contributed by atoms with Crippen LogP contribution in [0.1, 0.15) is 27.0 Å². The second-order valence-corrected chi connectivity index (χ2v) is 6.33. The number of carbonyl (C=O) groups excluding carboxylic acids is 1. The Morgan fingerprint density at radius 1 is 0.800 bits per heavy atom. The van der Waals surface area contributed by atoms with E-state index in [-0.39, 0.29) is 5.78 Å². The van der Waals surface area contributed by atoms with Gasteiger partial charge in [0.15, 0.2) is 5.78 Å². The highest BCUT2D eigenvalue weighted by Gasteiger charge is 2.06. The van der Waals surface area contributed by atoms with Crippen LogP contribution in [0.3, 0.4) is 0 Å². The van der Waals surface area contributed by atoms with Gasteiger partial charge in [0.2, 0.25) is 0 Å². The minimum absolute atomic E-state index is 0.0547. The van der Waals surface area contributed by atoms with E-state index in [1.165, 1.54) is 0 Å². The second-order valence-electron chi connectivity index (χ2n) is 5.41. The first kappa shape index (κ1) is 17.0. The van der Waals surface area contributed by atoms with E-state index in [2.05, 4.69) is 27.8 Å². The molecule has 0 radical (unpaired) electrons.